The number of carbonyl (C=O) groups is 1. The molecule has 0 radical (unpaired) electrons. The zero-order valence-electron chi connectivity index (χ0n) is 13.1. The Morgan fingerprint density at radius 2 is 1.64 bits per heavy atom. The first kappa shape index (κ1) is 14.9. The Kier molecular flexibility index (Phi) is 3.66. The number of carbonyl (C=O) groups excluding carboxylic acids is 1. The lowest BCUT2D eigenvalue weighted by atomic mass is 10.1. The number of benzene rings is 2. The van der Waals surface area contributed by atoms with Crippen LogP contribution < -0.4 is 5.56 Å². The first-order valence-corrected chi connectivity index (χ1v) is 7.69. The maximum absolute atomic E-state index is 12.6. The highest BCUT2D eigenvalue weighted by atomic mass is 16.1. The fraction of sp³-hybridized carbons (Fsp3) is 0.0556. The maximum Gasteiger partial charge on any atom is 0.281 e. The van der Waals surface area contributed by atoms with Crippen LogP contribution in [0.15, 0.2) is 71.7 Å². The van der Waals surface area contributed by atoms with E-state index in [1.54, 1.807) is 28.9 Å². The fourth-order valence-corrected chi connectivity index (χ4v) is 2.58. The van der Waals surface area contributed by atoms with Crippen molar-refractivity contribution in [1.82, 2.24) is 24.8 Å². The summed E-state index contributed by atoms with van der Waals surface area (Å²) in [6.07, 6.45) is 1.45. The number of nitrogens with zero attached hydrogens (tertiary/aromatic N) is 5. The van der Waals surface area contributed by atoms with Gasteiger partial charge in [-0.05, 0) is 12.1 Å². The summed E-state index contributed by atoms with van der Waals surface area (Å²) >= 11 is 0. The highest BCUT2D eigenvalue weighted by Gasteiger charge is 2.15. The van der Waals surface area contributed by atoms with Gasteiger partial charge in [0.1, 0.15) is 11.9 Å². The third kappa shape index (κ3) is 2.72. The predicted octanol–water partition coefficient (Wildman–Crippen LogP) is 1.86. The molecular weight excluding hydrogens is 318 g/mol. The van der Waals surface area contributed by atoms with Crippen molar-refractivity contribution in [2.24, 2.45) is 0 Å². The van der Waals surface area contributed by atoms with Gasteiger partial charge in [0.05, 0.1) is 11.9 Å². The van der Waals surface area contributed by atoms with E-state index < -0.39 is 5.56 Å². The van der Waals surface area contributed by atoms with Gasteiger partial charge in [0, 0.05) is 5.56 Å². The molecule has 4 aromatic rings. The molecule has 4 rings (SSSR count). The lowest BCUT2D eigenvalue weighted by molar-refractivity contribution is 0.0964. The van der Waals surface area contributed by atoms with E-state index in [4.69, 9.17) is 0 Å². The Labute approximate surface area is 142 Å². The van der Waals surface area contributed by atoms with E-state index in [-0.39, 0.29) is 12.3 Å². The summed E-state index contributed by atoms with van der Waals surface area (Å²) in [6.45, 7) is -0.164. The molecule has 0 fully saturated rings. The summed E-state index contributed by atoms with van der Waals surface area (Å²) in [6, 6.07) is 18.1. The lowest BCUT2D eigenvalue weighted by Gasteiger charge is -2.04. The van der Waals surface area contributed by atoms with Gasteiger partial charge >= 0.3 is 0 Å². The van der Waals surface area contributed by atoms with Crippen LogP contribution in [0, 0.1) is 0 Å². The second-order valence-corrected chi connectivity index (χ2v) is 5.47. The molecule has 2 heterocycles. The van der Waals surface area contributed by atoms with Crippen LogP contribution in [-0.2, 0) is 6.54 Å². The van der Waals surface area contributed by atoms with Gasteiger partial charge in [0.25, 0.3) is 5.56 Å². The number of aromatic nitrogens is 5. The average molecular weight is 331 g/mol. The van der Waals surface area contributed by atoms with Crippen LogP contribution >= 0.6 is 0 Å². The van der Waals surface area contributed by atoms with Gasteiger partial charge in [0.15, 0.2) is 11.4 Å². The van der Waals surface area contributed by atoms with Crippen molar-refractivity contribution < 1.29 is 4.79 Å². The van der Waals surface area contributed by atoms with Gasteiger partial charge in [-0.2, -0.15) is 5.10 Å². The summed E-state index contributed by atoms with van der Waals surface area (Å²) in [5.74, 6) is -0.202. The Bertz CT molecular complexity index is 1100. The molecule has 2 aromatic carbocycles. The minimum atomic E-state index is -0.392. The minimum absolute atomic E-state index is 0.164. The van der Waals surface area contributed by atoms with Crippen LogP contribution in [0.4, 0.5) is 0 Å². The monoisotopic (exact) mass is 331 g/mol. The van der Waals surface area contributed by atoms with Gasteiger partial charge in [-0.3, -0.25) is 9.59 Å². The van der Waals surface area contributed by atoms with E-state index in [2.05, 4.69) is 15.4 Å². The second-order valence-electron chi connectivity index (χ2n) is 5.47. The smallest absolute Gasteiger partial charge is 0.281 e. The molecule has 0 N–H and O–H groups in total. The molecule has 122 valence electrons. The largest absolute Gasteiger partial charge is 0.292 e. The van der Waals surface area contributed by atoms with E-state index in [1.165, 1.54) is 6.20 Å². The molecule has 0 aliphatic rings. The van der Waals surface area contributed by atoms with Crippen molar-refractivity contribution in [3.8, 4) is 5.69 Å². The summed E-state index contributed by atoms with van der Waals surface area (Å²) in [5.41, 5.74) is 1.27. The Hall–Kier alpha value is -3.61. The van der Waals surface area contributed by atoms with Gasteiger partial charge in [-0.1, -0.05) is 53.7 Å². The Balaban J connectivity index is 1.72. The van der Waals surface area contributed by atoms with Crippen LogP contribution in [0.1, 0.15) is 10.4 Å². The van der Waals surface area contributed by atoms with Crippen molar-refractivity contribution in [2.75, 3.05) is 0 Å². The maximum atomic E-state index is 12.6. The minimum Gasteiger partial charge on any atom is -0.292 e. The Morgan fingerprint density at radius 1 is 0.960 bits per heavy atom. The molecule has 0 saturated heterocycles. The summed E-state index contributed by atoms with van der Waals surface area (Å²) in [5, 5.41) is 12.5. The Morgan fingerprint density at radius 3 is 2.36 bits per heavy atom. The number of hydrogen-bond acceptors (Lipinski definition) is 5. The molecule has 25 heavy (non-hydrogen) atoms. The van der Waals surface area contributed by atoms with E-state index in [0.29, 0.717) is 16.6 Å². The summed E-state index contributed by atoms with van der Waals surface area (Å²) in [7, 11) is 0. The van der Waals surface area contributed by atoms with Crippen molar-refractivity contribution in [2.45, 2.75) is 6.54 Å². The van der Waals surface area contributed by atoms with Gasteiger partial charge in [0.2, 0.25) is 0 Å². The quantitative estimate of drug-likeness (QED) is 0.533. The summed E-state index contributed by atoms with van der Waals surface area (Å²) in [4.78, 5) is 24.9. The molecule has 7 heteroatoms. The number of para-hydroxylation sites is 1. The molecule has 0 bridgehead atoms. The van der Waals surface area contributed by atoms with Crippen LogP contribution in [0.2, 0.25) is 0 Å². The van der Waals surface area contributed by atoms with E-state index >= 15 is 0 Å². The topological polar surface area (TPSA) is 82.7 Å². The lowest BCUT2D eigenvalue weighted by Crippen LogP contribution is -2.27. The van der Waals surface area contributed by atoms with Crippen molar-refractivity contribution in [3.05, 3.63) is 82.8 Å². The molecule has 0 spiro atoms. The first-order chi connectivity index (χ1) is 12.2. The van der Waals surface area contributed by atoms with Crippen molar-refractivity contribution in [1.29, 1.82) is 0 Å². The molecule has 0 atom stereocenters. The van der Waals surface area contributed by atoms with E-state index in [1.807, 2.05) is 36.4 Å². The third-order valence-corrected chi connectivity index (χ3v) is 3.85. The molecule has 0 aliphatic carbocycles. The van der Waals surface area contributed by atoms with Gasteiger partial charge in [-0.25, -0.2) is 9.36 Å². The number of fused-ring (bicyclic) bond motifs is 1. The molecular formula is C18H13N5O2. The highest BCUT2D eigenvalue weighted by Crippen LogP contribution is 2.12. The normalized spacial score (nSPS) is 10.9. The zero-order valence-corrected chi connectivity index (χ0v) is 13.1. The number of Topliss-reactive ketones (excluding diaryl/α,β-unsaturated/α-hetero) is 1. The average Bonchev–Trinajstić information content (AvgIpc) is 3.10. The predicted molar refractivity (Wildman–Crippen MR) is 91.7 cm³/mol. The molecule has 0 unspecified atom stereocenters. The summed E-state index contributed by atoms with van der Waals surface area (Å²) < 4.78 is 2.61. The van der Waals surface area contributed by atoms with Crippen molar-refractivity contribution in [3.63, 3.8) is 0 Å². The second kappa shape index (κ2) is 6.12. The first-order valence-electron chi connectivity index (χ1n) is 7.69. The van der Waals surface area contributed by atoms with Gasteiger partial charge in [-0.15, -0.1) is 5.10 Å². The van der Waals surface area contributed by atoms with Crippen LogP contribution in [0.3, 0.4) is 0 Å². The number of ketones is 1. The number of rotatable bonds is 4. The van der Waals surface area contributed by atoms with Crippen LogP contribution in [0.5, 0.6) is 0 Å². The van der Waals surface area contributed by atoms with Gasteiger partial charge < -0.3 is 0 Å². The zero-order chi connectivity index (χ0) is 17.2. The third-order valence-electron chi connectivity index (χ3n) is 3.85. The standard InChI is InChI=1S/C18H13N5O2/c24-16(13-7-3-1-4-8-13)12-22-18(25)15-11-19-23(17(15)20-21-22)14-9-5-2-6-10-14/h1-11H,12H2. The van der Waals surface area contributed by atoms with Crippen molar-refractivity contribution >= 4 is 16.8 Å². The van der Waals surface area contributed by atoms with E-state index in [0.717, 1.165) is 10.4 Å². The highest BCUT2D eigenvalue weighted by molar-refractivity contribution is 5.95. The fourth-order valence-electron chi connectivity index (χ4n) is 2.58. The van der Waals surface area contributed by atoms with E-state index in [9.17, 15) is 9.59 Å². The SMILES string of the molecule is O=C(Cn1nnc2c(cnn2-c2ccccc2)c1=O)c1ccccc1. The van der Waals surface area contributed by atoms with Crippen LogP contribution in [0.25, 0.3) is 16.7 Å². The molecule has 0 aliphatic heterocycles. The molecule has 2 aromatic heterocycles. The number of hydrogen-bond donors (Lipinski definition) is 0. The molecule has 7 nitrogen and oxygen atoms in total. The van der Waals surface area contributed by atoms with Crippen LogP contribution in [-0.4, -0.2) is 30.6 Å². The molecule has 0 amide bonds. The molecule has 0 saturated carbocycles.